The molecule has 0 rings (SSSR count). The minimum absolute atomic E-state index is 0.0131. The largest absolute Gasteiger partial charge is 0.466 e. The van der Waals surface area contributed by atoms with Gasteiger partial charge in [-0.05, 0) is 48.8 Å². The summed E-state index contributed by atoms with van der Waals surface area (Å²) >= 11 is 0. The number of carbonyl (C=O) groups excluding carboxylic acids is 2. The van der Waals surface area contributed by atoms with Gasteiger partial charge in [0.1, 0.15) is 5.78 Å². The van der Waals surface area contributed by atoms with Crippen LogP contribution in [0.1, 0.15) is 68.7 Å². The van der Waals surface area contributed by atoms with E-state index in [9.17, 15) is 9.59 Å². The minimum Gasteiger partial charge on any atom is -0.466 e. The molecule has 0 N–H and O–H groups in total. The van der Waals surface area contributed by atoms with Crippen LogP contribution in [0.15, 0.2) is 11.6 Å². The zero-order valence-electron chi connectivity index (χ0n) is 22.6. The quantitative estimate of drug-likeness (QED) is 0.206. The van der Waals surface area contributed by atoms with Gasteiger partial charge in [0.2, 0.25) is 0 Å². The van der Waals surface area contributed by atoms with Crippen molar-refractivity contribution in [2.75, 3.05) is 13.7 Å². The van der Waals surface area contributed by atoms with Gasteiger partial charge in [0, 0.05) is 24.5 Å². The van der Waals surface area contributed by atoms with Crippen LogP contribution in [0.5, 0.6) is 0 Å². The number of ether oxygens (including phenoxy) is 1. The normalized spacial score (nSPS) is 15.6. The summed E-state index contributed by atoms with van der Waals surface area (Å²) in [5.41, 5.74) is 0.0713. The number of ketones is 1. The summed E-state index contributed by atoms with van der Waals surface area (Å²) in [4.78, 5) is 25.2. The predicted octanol–water partition coefficient (Wildman–Crippen LogP) is 6.50. The Hall–Kier alpha value is -0.766. The molecule has 0 aromatic heterocycles. The van der Waals surface area contributed by atoms with E-state index < -0.39 is 34.1 Å². The molecule has 0 fully saturated rings. The van der Waals surface area contributed by atoms with Crippen molar-refractivity contribution in [1.29, 1.82) is 0 Å². The van der Waals surface area contributed by atoms with Crippen LogP contribution in [0.4, 0.5) is 0 Å². The molecule has 0 bridgehead atoms. The first-order valence-corrected chi connectivity index (χ1v) is 17.0. The van der Waals surface area contributed by atoms with Crippen LogP contribution in [-0.4, -0.2) is 48.2 Å². The smallest absolute Gasteiger partial charge is 0.330 e. The maximum atomic E-state index is 13.4. The molecule has 0 spiro atoms. The van der Waals surface area contributed by atoms with Gasteiger partial charge in [-0.25, -0.2) is 4.79 Å². The molecule has 0 radical (unpaired) electrons. The Kier molecular flexibility index (Phi) is 10.2. The van der Waals surface area contributed by atoms with E-state index in [1.807, 2.05) is 20.8 Å². The van der Waals surface area contributed by atoms with E-state index in [0.717, 1.165) is 0 Å². The molecule has 1 atom stereocenters. The second-order valence-corrected chi connectivity index (χ2v) is 21.9. The molecule has 0 aliphatic rings. The van der Waals surface area contributed by atoms with Crippen molar-refractivity contribution < 1.29 is 23.2 Å². The Morgan fingerprint density at radius 3 is 1.71 bits per heavy atom. The topological polar surface area (TPSA) is 61.8 Å². The number of rotatable bonds is 10. The number of carbonyl (C=O) groups is 2. The van der Waals surface area contributed by atoms with E-state index in [1.54, 1.807) is 0 Å². The van der Waals surface area contributed by atoms with E-state index in [2.05, 4.69) is 67.7 Å². The lowest BCUT2D eigenvalue weighted by Gasteiger charge is -2.41. The van der Waals surface area contributed by atoms with Gasteiger partial charge in [-0.15, -0.1) is 0 Å². The fourth-order valence-corrected chi connectivity index (χ4v) is 4.76. The first kappa shape index (κ1) is 30.2. The molecule has 0 saturated carbocycles. The van der Waals surface area contributed by atoms with Crippen molar-refractivity contribution in [1.82, 2.24) is 0 Å². The fourth-order valence-electron chi connectivity index (χ4n) is 2.27. The SMILES string of the molecule is COC(=O)/C=C(\C)[C@H](CC(=O)C(C)(C)CO[Si](C)(C)C(C)(C)C)O[Si](C)(C)C(C)(C)C. The van der Waals surface area contributed by atoms with Crippen molar-refractivity contribution in [3.05, 3.63) is 11.6 Å². The summed E-state index contributed by atoms with van der Waals surface area (Å²) in [7, 11) is -2.77. The summed E-state index contributed by atoms with van der Waals surface area (Å²) in [6, 6.07) is 0. The second-order valence-electron chi connectivity index (χ2n) is 12.3. The van der Waals surface area contributed by atoms with Crippen LogP contribution in [0.25, 0.3) is 0 Å². The highest BCUT2D eigenvalue weighted by Gasteiger charge is 2.42. The van der Waals surface area contributed by atoms with Gasteiger partial charge in [-0.3, -0.25) is 4.79 Å². The molecular formula is C24H48O5Si2. The molecule has 0 saturated heterocycles. The number of hydrogen-bond acceptors (Lipinski definition) is 5. The van der Waals surface area contributed by atoms with Crippen LogP contribution in [0, 0.1) is 5.41 Å². The molecule has 0 heterocycles. The fraction of sp³-hybridized carbons (Fsp3) is 0.833. The van der Waals surface area contributed by atoms with E-state index in [1.165, 1.54) is 13.2 Å². The van der Waals surface area contributed by atoms with E-state index in [0.29, 0.717) is 12.2 Å². The number of hydrogen-bond donors (Lipinski definition) is 0. The van der Waals surface area contributed by atoms with E-state index in [-0.39, 0.29) is 22.3 Å². The molecule has 31 heavy (non-hydrogen) atoms. The van der Waals surface area contributed by atoms with Gasteiger partial charge in [0.25, 0.3) is 0 Å². The molecule has 7 heteroatoms. The van der Waals surface area contributed by atoms with Crippen LogP contribution in [0.3, 0.4) is 0 Å². The summed E-state index contributed by atoms with van der Waals surface area (Å²) in [6.07, 6.45) is 1.18. The third-order valence-electron chi connectivity index (χ3n) is 7.02. The minimum atomic E-state index is -2.16. The Balaban J connectivity index is 5.70. The van der Waals surface area contributed by atoms with Crippen molar-refractivity contribution in [3.8, 4) is 0 Å². The van der Waals surface area contributed by atoms with Gasteiger partial charge in [0.05, 0.1) is 13.2 Å². The summed E-state index contributed by atoms with van der Waals surface area (Å²) in [6.45, 7) is 27.8. The summed E-state index contributed by atoms with van der Waals surface area (Å²) < 4.78 is 17.7. The molecule has 5 nitrogen and oxygen atoms in total. The Morgan fingerprint density at radius 1 is 0.871 bits per heavy atom. The Morgan fingerprint density at radius 2 is 1.32 bits per heavy atom. The standard InChI is InChI=1S/C24H48O5Si2/c1-18(15-21(26)27-10)19(29-31(13,14)23(5,6)7)16-20(25)24(8,9)17-28-30(11,12)22(2,3)4/h15,19H,16-17H2,1-14H3/b18-15+/t19-/m0/s1. The van der Waals surface area contributed by atoms with Gasteiger partial charge < -0.3 is 13.6 Å². The average Bonchev–Trinajstić information content (AvgIpc) is 2.57. The maximum Gasteiger partial charge on any atom is 0.330 e. The number of Topliss-reactive ketones (excluding diaryl/α,β-unsaturated/α-hetero) is 1. The van der Waals surface area contributed by atoms with Crippen LogP contribution in [-0.2, 0) is 23.2 Å². The van der Waals surface area contributed by atoms with Crippen molar-refractivity contribution >= 4 is 28.4 Å². The monoisotopic (exact) mass is 472 g/mol. The van der Waals surface area contributed by atoms with Gasteiger partial charge in [0.15, 0.2) is 16.6 Å². The summed E-state index contributed by atoms with van der Waals surface area (Å²) in [5.74, 6) is -0.359. The molecule has 0 aliphatic heterocycles. The number of esters is 1. The van der Waals surface area contributed by atoms with Crippen molar-refractivity contribution in [2.45, 2.75) is 111 Å². The van der Waals surface area contributed by atoms with Gasteiger partial charge in [-0.1, -0.05) is 55.4 Å². The maximum absolute atomic E-state index is 13.4. The third kappa shape index (κ3) is 8.94. The first-order valence-electron chi connectivity index (χ1n) is 11.2. The van der Waals surface area contributed by atoms with E-state index in [4.69, 9.17) is 13.6 Å². The van der Waals surface area contributed by atoms with Gasteiger partial charge in [-0.2, -0.15) is 0 Å². The van der Waals surface area contributed by atoms with Crippen molar-refractivity contribution in [2.24, 2.45) is 5.41 Å². The molecule has 0 aromatic rings. The number of methoxy groups -OCH3 is 1. The lowest BCUT2D eigenvalue weighted by Crippen LogP contribution is -2.47. The molecular weight excluding hydrogens is 424 g/mol. The van der Waals surface area contributed by atoms with Crippen molar-refractivity contribution in [3.63, 3.8) is 0 Å². The predicted molar refractivity (Wildman–Crippen MR) is 134 cm³/mol. The highest BCUT2D eigenvalue weighted by atomic mass is 28.4. The zero-order chi connectivity index (χ0) is 25.1. The molecule has 0 aromatic carbocycles. The zero-order valence-corrected chi connectivity index (χ0v) is 24.6. The Bertz CT molecular complexity index is 664. The molecule has 182 valence electrons. The van der Waals surface area contributed by atoms with Crippen LogP contribution < -0.4 is 0 Å². The summed E-state index contributed by atoms with van der Waals surface area (Å²) in [5, 5.41) is 0.0702. The third-order valence-corrected chi connectivity index (χ3v) is 16.0. The lowest BCUT2D eigenvalue weighted by atomic mass is 9.85. The van der Waals surface area contributed by atoms with Crippen LogP contribution >= 0.6 is 0 Å². The molecule has 0 unspecified atom stereocenters. The van der Waals surface area contributed by atoms with Crippen LogP contribution in [0.2, 0.25) is 36.3 Å². The molecule has 0 amide bonds. The second kappa shape index (κ2) is 10.4. The molecule has 0 aliphatic carbocycles. The highest BCUT2D eigenvalue weighted by molar-refractivity contribution is 6.74. The van der Waals surface area contributed by atoms with E-state index >= 15 is 0 Å². The first-order chi connectivity index (χ1) is 13.6. The average molecular weight is 473 g/mol. The van der Waals surface area contributed by atoms with Gasteiger partial charge >= 0.3 is 5.97 Å². The Labute approximate surface area is 193 Å². The lowest BCUT2D eigenvalue weighted by molar-refractivity contribution is -0.135. The highest BCUT2D eigenvalue weighted by Crippen LogP contribution is 2.40.